The number of benzene rings is 1. The molecule has 0 aliphatic carbocycles. The van der Waals surface area contributed by atoms with Crippen LogP contribution in [0.3, 0.4) is 0 Å². The van der Waals surface area contributed by atoms with Crippen molar-refractivity contribution < 1.29 is 15.8 Å². The molecule has 1 aromatic heterocycles. The number of amides is 1. The van der Waals surface area contributed by atoms with E-state index in [4.69, 9.17) is 4.74 Å². The van der Waals surface area contributed by atoms with Crippen LogP contribution in [0.25, 0.3) is 11.4 Å². The summed E-state index contributed by atoms with van der Waals surface area (Å²) in [5.74, 6) is 0.466. The second-order valence-corrected chi connectivity index (χ2v) is 7.80. The van der Waals surface area contributed by atoms with Crippen LogP contribution in [0.2, 0.25) is 0 Å². The number of ether oxygens (including phenoxy) is 1. The third kappa shape index (κ3) is 6.80. The molecule has 148 valence electrons. The molecule has 1 aromatic carbocycles. The molecule has 0 saturated heterocycles. The van der Waals surface area contributed by atoms with Gasteiger partial charge < -0.3 is 10.1 Å². The molecular weight excluding hydrogens is 346 g/mol. The Kier molecular flexibility index (Phi) is 6.65. The number of carbonyl (C=O) groups is 2. The number of carbonyl (C=O) groups excluding carboxylic acids is 2. The predicted molar refractivity (Wildman–Crippen MR) is 103 cm³/mol. The normalized spacial score (nSPS) is 12.7. The van der Waals surface area contributed by atoms with Crippen molar-refractivity contribution in [3.63, 3.8) is 0 Å². The summed E-state index contributed by atoms with van der Waals surface area (Å²) >= 11 is 0. The number of aromatic nitrogens is 4. The number of Topliss-reactive ketones (excluding diaryl/α,β-unsaturated/α-hetero) is 1. The summed E-state index contributed by atoms with van der Waals surface area (Å²) in [6, 6.07) is 8.72. The highest BCUT2D eigenvalue weighted by Crippen LogP contribution is 2.13. The maximum absolute atomic E-state index is 12.7. The Balaban J connectivity index is 0.00000392. The maximum Gasteiger partial charge on any atom is 0.408 e. The van der Waals surface area contributed by atoms with Crippen LogP contribution in [0.5, 0.6) is 0 Å². The lowest BCUT2D eigenvalue weighted by Crippen LogP contribution is -2.45. The molecule has 0 unspecified atom stereocenters. The number of rotatable bonds is 7. The summed E-state index contributed by atoms with van der Waals surface area (Å²) in [4.78, 5) is 26.0. The number of hydrogen-bond donors (Lipinski definition) is 1. The maximum atomic E-state index is 12.7. The lowest BCUT2D eigenvalue weighted by molar-refractivity contribution is -0.122. The molecule has 0 aliphatic rings. The van der Waals surface area contributed by atoms with Gasteiger partial charge in [0.15, 0.2) is 5.78 Å². The first-order valence-electron chi connectivity index (χ1n) is 8.99. The summed E-state index contributed by atoms with van der Waals surface area (Å²) in [5.41, 5.74) is 0.190. The number of nitrogens with one attached hydrogen (secondary N) is 1. The van der Waals surface area contributed by atoms with E-state index in [1.165, 1.54) is 4.80 Å². The topological polar surface area (TPSA) is 99.0 Å². The standard InChI is InChI=1S/C19H27N5O3.H2/c1-13(2)11-15(20-18(26)27-19(3,4)5)16(25)12-24-22-17(21-23-24)14-9-7-6-8-10-14;/h6-10,13,15H,11-12H2,1-5H3,(H,20,26);1H/t15-;/m0./s1. The van der Waals surface area contributed by atoms with Crippen molar-refractivity contribution in [3.05, 3.63) is 30.3 Å². The summed E-state index contributed by atoms with van der Waals surface area (Å²) in [7, 11) is 0. The average Bonchev–Trinajstić information content (AvgIpc) is 3.01. The second kappa shape index (κ2) is 8.75. The SMILES string of the molecule is CC(C)C[C@H](NC(=O)OC(C)(C)C)C(=O)Cn1nnc(-c2ccccc2)n1.[HH]. The fourth-order valence-electron chi connectivity index (χ4n) is 2.45. The third-order valence-corrected chi connectivity index (χ3v) is 3.57. The molecule has 0 radical (unpaired) electrons. The number of ketones is 1. The van der Waals surface area contributed by atoms with E-state index in [-0.39, 0.29) is 19.7 Å². The smallest absolute Gasteiger partial charge is 0.408 e. The fourth-order valence-corrected chi connectivity index (χ4v) is 2.45. The van der Waals surface area contributed by atoms with E-state index in [1.807, 2.05) is 44.2 Å². The van der Waals surface area contributed by atoms with Gasteiger partial charge in [0.2, 0.25) is 5.82 Å². The number of hydrogen-bond acceptors (Lipinski definition) is 6. The first-order chi connectivity index (χ1) is 12.6. The molecule has 0 fully saturated rings. The van der Waals surface area contributed by atoms with Crippen LogP contribution in [0.1, 0.15) is 42.5 Å². The molecule has 0 aliphatic heterocycles. The molecule has 8 nitrogen and oxygen atoms in total. The highest BCUT2D eigenvalue weighted by atomic mass is 16.6. The van der Waals surface area contributed by atoms with Crippen molar-refractivity contribution in [1.29, 1.82) is 0 Å². The van der Waals surface area contributed by atoms with E-state index in [1.54, 1.807) is 20.8 Å². The van der Waals surface area contributed by atoms with Crippen LogP contribution >= 0.6 is 0 Å². The van der Waals surface area contributed by atoms with E-state index in [9.17, 15) is 9.59 Å². The Morgan fingerprint density at radius 2 is 1.89 bits per heavy atom. The second-order valence-electron chi connectivity index (χ2n) is 7.80. The van der Waals surface area contributed by atoms with Gasteiger partial charge in [0.05, 0.1) is 6.04 Å². The van der Waals surface area contributed by atoms with Crippen molar-refractivity contribution in [2.75, 3.05) is 0 Å². The Hall–Kier alpha value is -2.77. The molecule has 1 amide bonds. The molecule has 0 saturated carbocycles. The molecule has 2 rings (SSSR count). The van der Waals surface area contributed by atoms with Crippen LogP contribution in [0, 0.1) is 5.92 Å². The largest absolute Gasteiger partial charge is 0.444 e. The van der Waals surface area contributed by atoms with Gasteiger partial charge >= 0.3 is 6.09 Å². The monoisotopic (exact) mass is 375 g/mol. The van der Waals surface area contributed by atoms with Gasteiger partial charge in [0, 0.05) is 6.99 Å². The van der Waals surface area contributed by atoms with Crippen molar-refractivity contribution >= 4 is 11.9 Å². The van der Waals surface area contributed by atoms with Gasteiger partial charge in [-0.1, -0.05) is 44.2 Å². The molecule has 8 heteroatoms. The zero-order valence-electron chi connectivity index (χ0n) is 16.5. The van der Waals surface area contributed by atoms with Crippen molar-refractivity contribution in [2.24, 2.45) is 5.92 Å². The Bertz CT molecular complexity index is 771. The van der Waals surface area contributed by atoms with E-state index >= 15 is 0 Å². The van der Waals surface area contributed by atoms with E-state index in [0.717, 1.165) is 5.56 Å². The Morgan fingerprint density at radius 1 is 1.22 bits per heavy atom. The number of nitrogens with zero attached hydrogens (tertiary/aromatic N) is 4. The predicted octanol–water partition coefficient (Wildman–Crippen LogP) is 3.09. The molecular formula is C19H29N5O3. The Morgan fingerprint density at radius 3 is 2.48 bits per heavy atom. The summed E-state index contributed by atoms with van der Waals surface area (Å²) in [6.07, 6.45) is -0.115. The van der Waals surface area contributed by atoms with E-state index < -0.39 is 17.7 Å². The zero-order chi connectivity index (χ0) is 20.0. The molecule has 27 heavy (non-hydrogen) atoms. The van der Waals surface area contributed by atoms with E-state index in [2.05, 4.69) is 20.7 Å². The van der Waals surface area contributed by atoms with Crippen LogP contribution in [-0.2, 0) is 16.1 Å². The lowest BCUT2D eigenvalue weighted by Gasteiger charge is -2.23. The average molecular weight is 375 g/mol. The minimum absolute atomic E-state index is 0. The van der Waals surface area contributed by atoms with Crippen molar-refractivity contribution in [1.82, 2.24) is 25.5 Å². The zero-order valence-corrected chi connectivity index (χ0v) is 16.5. The van der Waals surface area contributed by atoms with Crippen LogP contribution in [0.15, 0.2) is 30.3 Å². The van der Waals surface area contributed by atoms with Gasteiger partial charge in [-0.3, -0.25) is 4.79 Å². The summed E-state index contributed by atoms with van der Waals surface area (Å²) in [5, 5.41) is 14.8. The first-order valence-corrected chi connectivity index (χ1v) is 8.99. The summed E-state index contributed by atoms with van der Waals surface area (Å²) < 4.78 is 5.26. The van der Waals surface area contributed by atoms with Gasteiger partial charge in [-0.25, -0.2) is 4.79 Å². The highest BCUT2D eigenvalue weighted by molar-refractivity contribution is 5.87. The summed E-state index contributed by atoms with van der Waals surface area (Å²) in [6.45, 7) is 9.21. The Labute approximate surface area is 160 Å². The molecule has 0 bridgehead atoms. The molecule has 1 N–H and O–H groups in total. The molecule has 1 heterocycles. The number of alkyl carbamates (subject to hydrolysis) is 1. The third-order valence-electron chi connectivity index (χ3n) is 3.57. The fraction of sp³-hybridized carbons (Fsp3) is 0.526. The number of tetrazole rings is 1. The minimum atomic E-state index is -0.675. The van der Waals surface area contributed by atoms with Gasteiger partial charge in [-0.15, -0.1) is 10.2 Å². The molecule has 1 atom stereocenters. The molecule has 0 spiro atoms. The van der Waals surface area contributed by atoms with Gasteiger partial charge in [0.1, 0.15) is 12.1 Å². The van der Waals surface area contributed by atoms with Crippen molar-refractivity contribution in [3.8, 4) is 11.4 Å². The van der Waals surface area contributed by atoms with Gasteiger partial charge in [0.25, 0.3) is 0 Å². The van der Waals surface area contributed by atoms with Crippen LogP contribution in [0.4, 0.5) is 4.79 Å². The lowest BCUT2D eigenvalue weighted by atomic mass is 10.0. The van der Waals surface area contributed by atoms with Gasteiger partial charge in [-0.05, 0) is 38.3 Å². The quantitative estimate of drug-likeness (QED) is 0.798. The minimum Gasteiger partial charge on any atom is -0.444 e. The van der Waals surface area contributed by atoms with Crippen LogP contribution < -0.4 is 5.32 Å². The highest BCUT2D eigenvalue weighted by Gasteiger charge is 2.26. The first kappa shape index (κ1) is 20.5. The molecule has 2 aromatic rings. The van der Waals surface area contributed by atoms with Crippen molar-refractivity contribution in [2.45, 2.75) is 59.2 Å². The van der Waals surface area contributed by atoms with Gasteiger partial charge in [-0.2, -0.15) is 4.80 Å². The van der Waals surface area contributed by atoms with E-state index in [0.29, 0.717) is 12.2 Å². The van der Waals surface area contributed by atoms with Crippen LogP contribution in [-0.4, -0.2) is 43.7 Å².